The second-order valence-electron chi connectivity index (χ2n) is 6.71. The minimum atomic E-state index is -0.501. The number of carbonyl (C=O) groups is 1. The molecule has 1 fully saturated rings. The van der Waals surface area contributed by atoms with Crippen molar-refractivity contribution in [1.29, 1.82) is 0 Å². The van der Waals surface area contributed by atoms with Gasteiger partial charge in [-0.3, -0.25) is 4.79 Å². The highest BCUT2D eigenvalue weighted by molar-refractivity contribution is 6.08. The summed E-state index contributed by atoms with van der Waals surface area (Å²) in [7, 11) is 0. The molecule has 0 spiro atoms. The molecule has 1 aliphatic carbocycles. The van der Waals surface area contributed by atoms with Crippen molar-refractivity contribution in [1.82, 2.24) is 24.6 Å². The van der Waals surface area contributed by atoms with E-state index in [1.165, 1.54) is 6.20 Å². The molecule has 7 nitrogen and oxygen atoms in total. The van der Waals surface area contributed by atoms with Crippen LogP contribution in [0.3, 0.4) is 0 Å². The fraction of sp³-hybridized carbons (Fsp3) is 0.150. The third-order valence-electron chi connectivity index (χ3n) is 4.63. The Morgan fingerprint density at radius 3 is 2.75 bits per heavy atom. The van der Waals surface area contributed by atoms with E-state index in [0.29, 0.717) is 34.2 Å². The molecule has 8 heteroatoms. The molecular formula is C20H15FN6O. The zero-order valence-corrected chi connectivity index (χ0v) is 14.7. The van der Waals surface area contributed by atoms with Crippen LogP contribution in [-0.2, 0) is 0 Å². The monoisotopic (exact) mass is 374 g/mol. The van der Waals surface area contributed by atoms with Crippen LogP contribution in [0.2, 0.25) is 0 Å². The summed E-state index contributed by atoms with van der Waals surface area (Å²) in [6.07, 6.45) is 7.83. The number of benzene rings is 1. The van der Waals surface area contributed by atoms with Gasteiger partial charge in [-0.15, -0.1) is 0 Å². The van der Waals surface area contributed by atoms with E-state index in [1.54, 1.807) is 28.8 Å². The second kappa shape index (κ2) is 6.49. The average molecular weight is 374 g/mol. The summed E-state index contributed by atoms with van der Waals surface area (Å²) in [5.74, 6) is 0.0689. The molecule has 1 aromatic carbocycles. The fourth-order valence-electron chi connectivity index (χ4n) is 3.05. The number of amides is 1. The van der Waals surface area contributed by atoms with Crippen molar-refractivity contribution in [3.8, 4) is 11.4 Å². The molecule has 1 N–H and O–H groups in total. The molecule has 0 radical (unpaired) electrons. The Balaban J connectivity index is 1.42. The minimum absolute atomic E-state index is 0.298. The van der Waals surface area contributed by atoms with Crippen LogP contribution in [0.5, 0.6) is 0 Å². The quantitative estimate of drug-likeness (QED) is 0.591. The van der Waals surface area contributed by atoms with E-state index in [2.05, 4.69) is 25.4 Å². The number of hydrogen-bond donors (Lipinski definition) is 1. The zero-order chi connectivity index (χ0) is 19.1. The highest BCUT2D eigenvalue weighted by Gasteiger charge is 2.26. The zero-order valence-electron chi connectivity index (χ0n) is 14.7. The number of halogens is 1. The Bertz CT molecular complexity index is 1180. The van der Waals surface area contributed by atoms with Crippen molar-refractivity contribution in [3.63, 3.8) is 0 Å². The molecule has 1 saturated carbocycles. The predicted octanol–water partition coefficient (Wildman–Crippen LogP) is 3.46. The Kier molecular flexibility index (Phi) is 3.82. The van der Waals surface area contributed by atoms with E-state index < -0.39 is 5.82 Å². The van der Waals surface area contributed by atoms with Crippen molar-refractivity contribution in [2.75, 3.05) is 5.32 Å². The van der Waals surface area contributed by atoms with E-state index in [0.717, 1.165) is 30.9 Å². The molecule has 0 atom stereocenters. The van der Waals surface area contributed by atoms with E-state index in [-0.39, 0.29) is 5.91 Å². The number of hydrogen-bond acceptors (Lipinski definition) is 5. The molecule has 28 heavy (non-hydrogen) atoms. The van der Waals surface area contributed by atoms with Gasteiger partial charge < -0.3 is 5.32 Å². The van der Waals surface area contributed by atoms with Crippen LogP contribution >= 0.6 is 0 Å². The van der Waals surface area contributed by atoms with Gasteiger partial charge in [0, 0.05) is 29.1 Å². The van der Waals surface area contributed by atoms with Crippen molar-refractivity contribution in [2.45, 2.75) is 18.8 Å². The van der Waals surface area contributed by atoms with Gasteiger partial charge in [0.2, 0.25) is 0 Å². The van der Waals surface area contributed by atoms with E-state index >= 15 is 0 Å². The first-order chi connectivity index (χ1) is 13.7. The predicted molar refractivity (Wildman–Crippen MR) is 100 cm³/mol. The van der Waals surface area contributed by atoms with Gasteiger partial charge in [-0.2, -0.15) is 5.10 Å². The maximum atomic E-state index is 13.0. The summed E-state index contributed by atoms with van der Waals surface area (Å²) in [5.41, 5.74) is 3.20. The molecule has 1 aliphatic rings. The van der Waals surface area contributed by atoms with Gasteiger partial charge >= 0.3 is 0 Å². The molecular weight excluding hydrogens is 359 g/mol. The Morgan fingerprint density at radius 2 is 1.96 bits per heavy atom. The Morgan fingerprint density at radius 1 is 1.14 bits per heavy atom. The number of anilines is 1. The first-order valence-electron chi connectivity index (χ1n) is 8.91. The number of carbonyl (C=O) groups excluding carboxylic acids is 1. The lowest BCUT2D eigenvalue weighted by molar-refractivity contribution is 0.102. The van der Waals surface area contributed by atoms with Crippen molar-refractivity contribution >= 4 is 17.2 Å². The molecule has 1 amide bonds. The van der Waals surface area contributed by atoms with E-state index in [4.69, 9.17) is 0 Å². The lowest BCUT2D eigenvalue weighted by Gasteiger charge is -2.06. The largest absolute Gasteiger partial charge is 0.322 e. The third-order valence-corrected chi connectivity index (χ3v) is 4.63. The van der Waals surface area contributed by atoms with Crippen LogP contribution in [0.25, 0.3) is 17.0 Å². The molecule has 0 bridgehead atoms. The maximum Gasteiger partial charge on any atom is 0.261 e. The SMILES string of the molecule is O=C(Nc1cccc(-c2ncc(F)cn2)c1)c1cnn2ccc(C3CC3)nc12. The van der Waals surface area contributed by atoms with Crippen LogP contribution in [0.4, 0.5) is 10.1 Å². The van der Waals surface area contributed by atoms with Gasteiger partial charge in [0.1, 0.15) is 5.56 Å². The van der Waals surface area contributed by atoms with Gasteiger partial charge in [-0.05, 0) is 31.0 Å². The van der Waals surface area contributed by atoms with Gasteiger partial charge in [-0.25, -0.2) is 23.9 Å². The first-order valence-corrected chi connectivity index (χ1v) is 8.91. The standard InChI is InChI=1S/C20H15FN6O/c21-14-9-22-18(23-10-14)13-2-1-3-15(8-13)25-20(28)16-11-24-27-7-6-17(12-4-5-12)26-19(16)27/h1-3,6-12H,4-5H2,(H,25,28). The van der Waals surface area contributed by atoms with Gasteiger partial charge in [0.25, 0.3) is 5.91 Å². The summed E-state index contributed by atoms with van der Waals surface area (Å²) in [6, 6.07) is 9.02. The molecule has 3 aromatic heterocycles. The molecule has 138 valence electrons. The van der Waals surface area contributed by atoms with Crippen molar-refractivity contribution in [3.05, 3.63) is 72.2 Å². The summed E-state index contributed by atoms with van der Waals surface area (Å²) in [4.78, 5) is 25.3. The number of aromatic nitrogens is 5. The van der Waals surface area contributed by atoms with E-state index in [9.17, 15) is 9.18 Å². The van der Waals surface area contributed by atoms with Crippen LogP contribution in [0, 0.1) is 5.82 Å². The Hall–Kier alpha value is -3.68. The number of fused-ring (bicyclic) bond motifs is 1. The topological polar surface area (TPSA) is 85.1 Å². The fourth-order valence-corrected chi connectivity index (χ4v) is 3.05. The lowest BCUT2D eigenvalue weighted by Crippen LogP contribution is -2.12. The molecule has 3 heterocycles. The normalized spacial score (nSPS) is 13.6. The van der Waals surface area contributed by atoms with Crippen molar-refractivity contribution in [2.24, 2.45) is 0 Å². The maximum absolute atomic E-state index is 13.0. The number of rotatable bonds is 4. The molecule has 0 aliphatic heterocycles. The summed E-state index contributed by atoms with van der Waals surface area (Å²) >= 11 is 0. The van der Waals surface area contributed by atoms with Crippen molar-refractivity contribution < 1.29 is 9.18 Å². The van der Waals surface area contributed by atoms with Crippen LogP contribution in [0.15, 0.2) is 55.1 Å². The third kappa shape index (κ3) is 3.09. The molecule has 4 aromatic rings. The number of nitrogens with zero attached hydrogens (tertiary/aromatic N) is 5. The second-order valence-corrected chi connectivity index (χ2v) is 6.71. The molecule has 0 unspecified atom stereocenters. The molecule has 0 saturated heterocycles. The minimum Gasteiger partial charge on any atom is -0.322 e. The summed E-state index contributed by atoms with van der Waals surface area (Å²) < 4.78 is 14.6. The van der Waals surface area contributed by atoms with Gasteiger partial charge in [-0.1, -0.05) is 12.1 Å². The lowest BCUT2D eigenvalue weighted by atomic mass is 10.2. The van der Waals surface area contributed by atoms with Crippen LogP contribution in [0.1, 0.15) is 34.8 Å². The van der Waals surface area contributed by atoms with Crippen LogP contribution < -0.4 is 5.32 Å². The summed E-state index contributed by atoms with van der Waals surface area (Å²) in [6.45, 7) is 0. The van der Waals surface area contributed by atoms with Crippen LogP contribution in [-0.4, -0.2) is 30.5 Å². The van der Waals surface area contributed by atoms with E-state index in [1.807, 2.05) is 12.3 Å². The number of nitrogens with one attached hydrogen (secondary N) is 1. The smallest absolute Gasteiger partial charge is 0.261 e. The highest BCUT2D eigenvalue weighted by Crippen LogP contribution is 2.39. The Labute approximate surface area is 159 Å². The average Bonchev–Trinajstić information content (AvgIpc) is 3.47. The highest BCUT2D eigenvalue weighted by atomic mass is 19.1. The summed E-state index contributed by atoms with van der Waals surface area (Å²) in [5, 5.41) is 7.07. The molecule has 5 rings (SSSR count). The van der Waals surface area contributed by atoms with Gasteiger partial charge in [0.15, 0.2) is 17.3 Å². The van der Waals surface area contributed by atoms with Gasteiger partial charge in [0.05, 0.1) is 18.6 Å². The first kappa shape index (κ1) is 16.5.